The van der Waals surface area contributed by atoms with E-state index >= 15 is 0 Å². The third kappa shape index (κ3) is 1.54. The highest BCUT2D eigenvalue weighted by molar-refractivity contribution is 6.12. The highest BCUT2D eigenvalue weighted by Crippen LogP contribution is 2.39. The zero-order valence-electron chi connectivity index (χ0n) is 9.89. The fourth-order valence-electron chi connectivity index (χ4n) is 2.32. The van der Waals surface area contributed by atoms with Crippen LogP contribution in [-0.2, 0) is 16.0 Å². The van der Waals surface area contributed by atoms with E-state index in [1.165, 1.54) is 0 Å². The number of carbonyl (C=O) groups excluding carboxylic acids is 2. The standard InChI is InChI=1S/C13H12O5/c1-2-16-13(15)9-3-7-4-10-11(18-6-17-10)5-8(7)12(9)14/h4-5,9H,2-3,6H2,1H3. The number of esters is 1. The minimum absolute atomic E-state index is 0.174. The highest BCUT2D eigenvalue weighted by atomic mass is 16.7. The molecule has 1 heterocycles. The lowest BCUT2D eigenvalue weighted by atomic mass is 10.1. The number of ether oxygens (including phenoxy) is 3. The van der Waals surface area contributed by atoms with Gasteiger partial charge in [0.2, 0.25) is 6.79 Å². The van der Waals surface area contributed by atoms with Crippen molar-refractivity contribution in [3.8, 4) is 11.5 Å². The lowest BCUT2D eigenvalue weighted by Gasteiger charge is -2.06. The van der Waals surface area contributed by atoms with Crippen molar-refractivity contribution in [3.63, 3.8) is 0 Å². The van der Waals surface area contributed by atoms with Crippen molar-refractivity contribution in [2.45, 2.75) is 13.3 Å². The predicted molar refractivity (Wildman–Crippen MR) is 60.7 cm³/mol. The summed E-state index contributed by atoms with van der Waals surface area (Å²) in [7, 11) is 0. The minimum atomic E-state index is -0.720. The summed E-state index contributed by atoms with van der Waals surface area (Å²) < 4.78 is 15.4. The van der Waals surface area contributed by atoms with Crippen molar-refractivity contribution in [1.82, 2.24) is 0 Å². The molecule has 0 saturated carbocycles. The van der Waals surface area contributed by atoms with Crippen molar-refractivity contribution in [1.29, 1.82) is 0 Å². The molecule has 0 spiro atoms. The fraction of sp³-hybridized carbons (Fsp3) is 0.385. The monoisotopic (exact) mass is 248 g/mol. The highest BCUT2D eigenvalue weighted by Gasteiger charge is 2.38. The maximum Gasteiger partial charge on any atom is 0.317 e. The van der Waals surface area contributed by atoms with Gasteiger partial charge in [-0.15, -0.1) is 0 Å². The van der Waals surface area contributed by atoms with Crippen LogP contribution in [0.3, 0.4) is 0 Å². The van der Waals surface area contributed by atoms with E-state index in [1.54, 1.807) is 19.1 Å². The molecule has 18 heavy (non-hydrogen) atoms. The van der Waals surface area contributed by atoms with Crippen LogP contribution in [0, 0.1) is 5.92 Å². The number of carbonyl (C=O) groups is 2. The van der Waals surface area contributed by atoms with Gasteiger partial charge in [-0.25, -0.2) is 0 Å². The third-order valence-corrected chi connectivity index (χ3v) is 3.18. The molecular formula is C13H12O5. The third-order valence-electron chi connectivity index (χ3n) is 3.18. The molecule has 1 aliphatic carbocycles. The first kappa shape index (κ1) is 11.1. The van der Waals surface area contributed by atoms with Crippen LogP contribution in [0.4, 0.5) is 0 Å². The number of fused-ring (bicyclic) bond motifs is 2. The Hall–Kier alpha value is -2.04. The first-order chi connectivity index (χ1) is 8.70. The van der Waals surface area contributed by atoms with Crippen LogP contribution >= 0.6 is 0 Å². The Kier molecular flexibility index (Phi) is 2.47. The van der Waals surface area contributed by atoms with Gasteiger partial charge in [0.15, 0.2) is 17.3 Å². The van der Waals surface area contributed by atoms with Gasteiger partial charge in [0.1, 0.15) is 5.92 Å². The lowest BCUT2D eigenvalue weighted by molar-refractivity contribution is -0.145. The van der Waals surface area contributed by atoms with Crippen LogP contribution in [0.25, 0.3) is 0 Å². The maximum atomic E-state index is 12.1. The van der Waals surface area contributed by atoms with E-state index in [-0.39, 0.29) is 19.2 Å². The number of hydrogen-bond acceptors (Lipinski definition) is 5. The Morgan fingerprint density at radius 3 is 2.83 bits per heavy atom. The summed E-state index contributed by atoms with van der Waals surface area (Å²) in [6.07, 6.45) is 0.379. The fourth-order valence-corrected chi connectivity index (χ4v) is 2.32. The molecule has 5 heteroatoms. The van der Waals surface area contributed by atoms with Gasteiger partial charge in [-0.3, -0.25) is 9.59 Å². The van der Waals surface area contributed by atoms with Crippen molar-refractivity contribution in [2.24, 2.45) is 5.92 Å². The van der Waals surface area contributed by atoms with E-state index in [0.29, 0.717) is 23.5 Å². The molecule has 0 fully saturated rings. The van der Waals surface area contributed by atoms with Gasteiger partial charge < -0.3 is 14.2 Å². The Morgan fingerprint density at radius 1 is 1.39 bits per heavy atom. The van der Waals surface area contributed by atoms with Gasteiger partial charge in [-0.2, -0.15) is 0 Å². The molecule has 1 atom stereocenters. The van der Waals surface area contributed by atoms with E-state index in [2.05, 4.69) is 0 Å². The van der Waals surface area contributed by atoms with E-state index in [1.807, 2.05) is 0 Å². The Balaban J connectivity index is 1.93. The largest absolute Gasteiger partial charge is 0.465 e. The van der Waals surface area contributed by atoms with Gasteiger partial charge in [-0.05, 0) is 31.0 Å². The summed E-state index contributed by atoms with van der Waals surface area (Å²) in [5.74, 6) is -0.178. The molecule has 0 aromatic heterocycles. The topological polar surface area (TPSA) is 61.8 Å². The van der Waals surface area contributed by atoms with Gasteiger partial charge in [0.25, 0.3) is 0 Å². The van der Waals surface area contributed by atoms with Crippen molar-refractivity contribution in [3.05, 3.63) is 23.3 Å². The second-order valence-corrected chi connectivity index (χ2v) is 4.24. The molecular weight excluding hydrogens is 236 g/mol. The summed E-state index contributed by atoms with van der Waals surface area (Å²) in [5, 5.41) is 0. The van der Waals surface area contributed by atoms with E-state index in [4.69, 9.17) is 14.2 Å². The first-order valence-corrected chi connectivity index (χ1v) is 5.84. The lowest BCUT2D eigenvalue weighted by Crippen LogP contribution is -2.23. The molecule has 1 aromatic carbocycles. The molecule has 0 saturated heterocycles. The molecule has 0 N–H and O–H groups in total. The first-order valence-electron chi connectivity index (χ1n) is 5.84. The van der Waals surface area contributed by atoms with Crippen LogP contribution in [0.5, 0.6) is 11.5 Å². The molecule has 5 nitrogen and oxygen atoms in total. The van der Waals surface area contributed by atoms with E-state index in [0.717, 1.165) is 5.56 Å². The molecule has 1 unspecified atom stereocenters. The zero-order valence-corrected chi connectivity index (χ0v) is 9.89. The van der Waals surface area contributed by atoms with Crippen molar-refractivity contribution in [2.75, 3.05) is 13.4 Å². The molecule has 1 aliphatic heterocycles. The van der Waals surface area contributed by atoms with Crippen LogP contribution in [-0.4, -0.2) is 25.2 Å². The number of Topliss-reactive ketones (excluding diaryl/α,β-unsaturated/α-hetero) is 1. The molecule has 2 aliphatic rings. The van der Waals surface area contributed by atoms with Crippen LogP contribution in [0.1, 0.15) is 22.8 Å². The van der Waals surface area contributed by atoms with Gasteiger partial charge in [0, 0.05) is 5.56 Å². The SMILES string of the molecule is CCOC(=O)C1Cc2cc3c(cc2C1=O)OCO3. The Bertz CT molecular complexity index is 534. The quantitative estimate of drug-likeness (QED) is 0.583. The summed E-state index contributed by atoms with van der Waals surface area (Å²) >= 11 is 0. The van der Waals surface area contributed by atoms with Crippen LogP contribution in [0.15, 0.2) is 12.1 Å². The summed E-state index contributed by atoms with van der Waals surface area (Å²) in [4.78, 5) is 23.8. The van der Waals surface area contributed by atoms with E-state index < -0.39 is 11.9 Å². The number of rotatable bonds is 2. The normalized spacial score (nSPS) is 19.8. The zero-order chi connectivity index (χ0) is 12.7. The van der Waals surface area contributed by atoms with Gasteiger partial charge in [-0.1, -0.05) is 0 Å². The molecule has 0 bridgehead atoms. The molecule has 1 aromatic rings. The number of hydrogen-bond donors (Lipinski definition) is 0. The second kappa shape index (κ2) is 4.01. The second-order valence-electron chi connectivity index (χ2n) is 4.24. The number of ketones is 1. The van der Waals surface area contributed by atoms with Crippen LogP contribution in [0.2, 0.25) is 0 Å². The predicted octanol–water partition coefficient (Wildman–Crippen LogP) is 1.33. The van der Waals surface area contributed by atoms with Gasteiger partial charge >= 0.3 is 5.97 Å². The number of benzene rings is 1. The summed E-state index contributed by atoms with van der Waals surface area (Å²) in [5.41, 5.74) is 1.36. The minimum Gasteiger partial charge on any atom is -0.465 e. The van der Waals surface area contributed by atoms with E-state index in [9.17, 15) is 9.59 Å². The molecule has 0 radical (unpaired) electrons. The average Bonchev–Trinajstić information content (AvgIpc) is 2.92. The maximum absolute atomic E-state index is 12.1. The van der Waals surface area contributed by atoms with Crippen molar-refractivity contribution < 1.29 is 23.8 Å². The molecule has 0 amide bonds. The molecule has 3 rings (SSSR count). The van der Waals surface area contributed by atoms with Crippen LogP contribution < -0.4 is 9.47 Å². The summed E-state index contributed by atoms with van der Waals surface area (Å²) in [6, 6.07) is 3.42. The molecule has 94 valence electrons. The Morgan fingerprint density at radius 2 is 2.11 bits per heavy atom. The van der Waals surface area contributed by atoms with Crippen molar-refractivity contribution >= 4 is 11.8 Å². The van der Waals surface area contributed by atoms with Gasteiger partial charge in [0.05, 0.1) is 6.61 Å². The average molecular weight is 248 g/mol. The Labute approximate surface area is 104 Å². The smallest absolute Gasteiger partial charge is 0.317 e. The summed E-state index contributed by atoms with van der Waals surface area (Å²) in [6.45, 7) is 2.18.